The van der Waals surface area contributed by atoms with Gasteiger partial charge in [0.25, 0.3) is 0 Å². The number of thioether (sulfide) groups is 1. The molecule has 0 fully saturated rings. The summed E-state index contributed by atoms with van der Waals surface area (Å²) in [5.74, 6) is -3.15. The van der Waals surface area contributed by atoms with Crippen LogP contribution in [-0.2, 0) is 24.4 Å². The topological polar surface area (TPSA) is 156 Å². The van der Waals surface area contributed by atoms with Crippen LogP contribution >= 0.6 is 11.8 Å². The lowest BCUT2D eigenvalue weighted by Crippen LogP contribution is -2.34. The van der Waals surface area contributed by atoms with E-state index in [0.29, 0.717) is 29.1 Å². The Kier molecular flexibility index (Phi) is 8.85. The molecule has 0 aliphatic heterocycles. The van der Waals surface area contributed by atoms with Gasteiger partial charge in [0, 0.05) is 16.3 Å². The van der Waals surface area contributed by atoms with Crippen LogP contribution < -0.4 is 15.8 Å². The van der Waals surface area contributed by atoms with Crippen molar-refractivity contribution in [2.45, 2.75) is 27.9 Å². The first-order valence-corrected chi connectivity index (χ1v) is 14.5. The number of hydrogen-bond donors (Lipinski definition) is 4. The number of hydrogen-bond acceptors (Lipinski definition) is 6. The Morgan fingerprint density at radius 3 is 2.15 bits per heavy atom. The molecule has 5 N–H and O–H groups in total. The quantitative estimate of drug-likeness (QED) is 0.221. The van der Waals surface area contributed by atoms with Crippen LogP contribution in [0.5, 0.6) is 0 Å². The predicted molar refractivity (Wildman–Crippen MR) is 150 cm³/mol. The molecule has 0 aromatic heterocycles. The van der Waals surface area contributed by atoms with Gasteiger partial charge in [0.2, 0.25) is 21.8 Å². The number of carboxylic acid groups (broad SMARTS) is 1. The van der Waals surface area contributed by atoms with Gasteiger partial charge in [0.15, 0.2) is 0 Å². The normalized spacial score (nSPS) is 17.7. The van der Waals surface area contributed by atoms with Crippen LogP contribution in [0.3, 0.4) is 0 Å². The maximum absolute atomic E-state index is 13.4. The summed E-state index contributed by atoms with van der Waals surface area (Å²) in [5.41, 5.74) is 1.65. The van der Waals surface area contributed by atoms with Crippen molar-refractivity contribution in [1.29, 1.82) is 0 Å². The second kappa shape index (κ2) is 12.3. The second-order valence-corrected chi connectivity index (χ2v) is 11.7. The number of aliphatic carboxylic acids is 1. The van der Waals surface area contributed by atoms with Crippen LogP contribution in [0, 0.1) is 11.8 Å². The van der Waals surface area contributed by atoms with Gasteiger partial charge in [-0.05, 0) is 60.9 Å². The summed E-state index contributed by atoms with van der Waals surface area (Å²) in [5, 5.41) is 19.6. The first-order chi connectivity index (χ1) is 18.6. The van der Waals surface area contributed by atoms with E-state index in [4.69, 9.17) is 5.14 Å². The van der Waals surface area contributed by atoms with Gasteiger partial charge in [-0.2, -0.15) is 0 Å². The second-order valence-electron chi connectivity index (χ2n) is 8.98. The van der Waals surface area contributed by atoms with Gasteiger partial charge >= 0.3 is 5.97 Å². The van der Waals surface area contributed by atoms with Gasteiger partial charge in [-0.3, -0.25) is 14.4 Å². The number of allylic oxidation sites excluding steroid dienone is 2. The van der Waals surface area contributed by atoms with Crippen molar-refractivity contribution in [3.63, 3.8) is 0 Å². The van der Waals surface area contributed by atoms with Gasteiger partial charge in [-0.1, -0.05) is 48.6 Å². The Morgan fingerprint density at radius 1 is 0.846 bits per heavy atom. The number of nitrogens with two attached hydrogens (primary N) is 1. The van der Waals surface area contributed by atoms with Gasteiger partial charge < -0.3 is 15.7 Å². The lowest BCUT2D eigenvalue weighted by molar-refractivity contribution is -0.146. The van der Waals surface area contributed by atoms with Crippen molar-refractivity contribution in [2.24, 2.45) is 17.0 Å². The fourth-order valence-electron chi connectivity index (χ4n) is 4.23. The maximum atomic E-state index is 13.4. The van der Waals surface area contributed by atoms with Crippen LogP contribution in [0.4, 0.5) is 11.4 Å². The molecule has 39 heavy (non-hydrogen) atoms. The first-order valence-electron chi connectivity index (χ1n) is 12.1. The Bertz CT molecular complexity index is 1490. The van der Waals surface area contributed by atoms with Crippen molar-refractivity contribution >= 4 is 50.9 Å². The summed E-state index contributed by atoms with van der Waals surface area (Å²) in [6, 6.07) is 21.7. The highest BCUT2D eigenvalue weighted by Gasteiger charge is 2.34. The summed E-state index contributed by atoms with van der Waals surface area (Å²) in [6.07, 6.45) is 4.26. The third-order valence-electron chi connectivity index (χ3n) is 6.23. The van der Waals surface area contributed by atoms with Crippen molar-refractivity contribution < 1.29 is 27.9 Å². The molecule has 9 nitrogen and oxygen atoms in total. The zero-order chi connectivity index (χ0) is 28.0. The summed E-state index contributed by atoms with van der Waals surface area (Å²) in [7, 11) is -3.85. The van der Waals surface area contributed by atoms with Crippen molar-refractivity contribution in [3.05, 3.63) is 96.6 Å². The predicted octanol–water partition coefficient (Wildman–Crippen LogP) is 4.41. The van der Waals surface area contributed by atoms with Crippen molar-refractivity contribution in [1.82, 2.24) is 0 Å². The molecule has 0 saturated carbocycles. The van der Waals surface area contributed by atoms with Crippen LogP contribution in [0.1, 0.15) is 23.7 Å². The summed E-state index contributed by atoms with van der Waals surface area (Å²) < 4.78 is 23.0. The monoisotopic (exact) mass is 565 g/mol. The molecular weight excluding hydrogens is 538 g/mol. The van der Waals surface area contributed by atoms with Crippen LogP contribution in [0.25, 0.3) is 0 Å². The van der Waals surface area contributed by atoms with Crippen molar-refractivity contribution in [2.75, 3.05) is 10.6 Å². The number of primary sulfonamides is 1. The highest BCUT2D eigenvalue weighted by atomic mass is 32.2. The van der Waals surface area contributed by atoms with Crippen molar-refractivity contribution in [3.8, 4) is 0 Å². The van der Waals surface area contributed by atoms with E-state index in [1.807, 2.05) is 42.5 Å². The Balaban J connectivity index is 1.52. The number of benzene rings is 3. The first kappa shape index (κ1) is 28.1. The van der Waals surface area contributed by atoms with Crippen LogP contribution in [0.15, 0.2) is 101 Å². The molecule has 4 rings (SSSR count). The largest absolute Gasteiger partial charge is 0.481 e. The lowest BCUT2D eigenvalue weighted by Gasteiger charge is -2.24. The average Bonchev–Trinajstić information content (AvgIpc) is 2.92. The molecule has 3 aromatic carbocycles. The number of amides is 2. The number of anilines is 2. The maximum Gasteiger partial charge on any atom is 0.307 e. The van der Waals surface area contributed by atoms with Gasteiger partial charge in [0.1, 0.15) is 5.25 Å². The molecule has 0 radical (unpaired) electrons. The van der Waals surface area contributed by atoms with Crippen LogP contribution in [-0.4, -0.2) is 31.3 Å². The third kappa shape index (κ3) is 7.34. The van der Waals surface area contributed by atoms with E-state index >= 15 is 0 Å². The van der Waals surface area contributed by atoms with E-state index in [0.717, 1.165) is 5.56 Å². The number of carboxylic acids is 1. The average molecular weight is 566 g/mol. The highest BCUT2D eigenvalue weighted by molar-refractivity contribution is 8.00. The fraction of sp³-hybridized carbons (Fsp3) is 0.179. The van der Waals surface area contributed by atoms with Gasteiger partial charge in [-0.25, -0.2) is 13.6 Å². The molecule has 0 bridgehead atoms. The molecule has 202 valence electrons. The molecule has 0 saturated heterocycles. The minimum absolute atomic E-state index is 0.0627. The number of nitrogens with one attached hydrogen (secondary N) is 2. The lowest BCUT2D eigenvalue weighted by atomic mass is 9.82. The van der Waals surface area contributed by atoms with Crippen LogP contribution in [0.2, 0.25) is 0 Å². The number of carbonyl (C=O) groups is 3. The number of carbonyl (C=O) groups excluding carboxylic acids is 2. The zero-order valence-corrected chi connectivity index (χ0v) is 22.3. The molecule has 3 atom stereocenters. The van der Waals surface area contributed by atoms with E-state index in [1.165, 1.54) is 36.0 Å². The van der Waals surface area contributed by atoms with E-state index in [1.54, 1.807) is 24.3 Å². The highest BCUT2D eigenvalue weighted by Crippen LogP contribution is 2.37. The molecule has 11 heteroatoms. The smallest absolute Gasteiger partial charge is 0.307 e. The van der Waals surface area contributed by atoms with Gasteiger partial charge in [0.05, 0.1) is 16.7 Å². The summed E-state index contributed by atoms with van der Waals surface area (Å²) in [6.45, 7) is 0. The van der Waals surface area contributed by atoms with Gasteiger partial charge in [-0.15, -0.1) is 11.8 Å². The molecule has 0 heterocycles. The molecule has 0 spiro atoms. The fourth-order valence-corrected chi connectivity index (χ4v) is 5.83. The Morgan fingerprint density at radius 2 is 1.51 bits per heavy atom. The minimum Gasteiger partial charge on any atom is -0.481 e. The Labute approximate surface area is 230 Å². The zero-order valence-electron chi connectivity index (χ0n) is 20.7. The number of sulfonamides is 1. The summed E-state index contributed by atoms with van der Waals surface area (Å²) in [4.78, 5) is 38.5. The molecular formula is C28H27N3O6S2. The van der Waals surface area contributed by atoms with E-state index in [-0.39, 0.29) is 16.7 Å². The molecule has 1 aliphatic carbocycles. The minimum atomic E-state index is -3.85. The molecule has 3 aromatic rings. The third-order valence-corrected chi connectivity index (χ3v) is 8.41. The van der Waals surface area contributed by atoms with E-state index in [9.17, 15) is 27.9 Å². The number of rotatable bonds is 9. The molecule has 2 amide bonds. The SMILES string of the molecule is NS(=O)(=O)c1ccc(NC(=O)C(Sc2cccc(NC(=O)C3CC=CCC3C(=O)O)c2)c2ccccc2)cc1. The standard InChI is InChI=1S/C28H27N3O6S2/c29-39(36,37)22-15-13-19(14-16-22)30-27(33)25(18-7-2-1-3-8-18)38-21-10-6-9-20(17-21)31-26(32)23-11-4-5-12-24(23)28(34)35/h1-10,13-17,23-25H,11-12H2,(H,30,33)(H,31,32)(H,34,35)(H2,29,36,37). The van der Waals surface area contributed by atoms with E-state index < -0.39 is 33.1 Å². The molecule has 1 aliphatic rings. The van der Waals surface area contributed by atoms with E-state index in [2.05, 4.69) is 10.6 Å². The summed E-state index contributed by atoms with van der Waals surface area (Å²) >= 11 is 1.27. The molecule has 3 unspecified atom stereocenters. The Hall–Kier alpha value is -3.93.